The van der Waals surface area contributed by atoms with Gasteiger partial charge in [0.2, 0.25) is 5.91 Å². The summed E-state index contributed by atoms with van der Waals surface area (Å²) in [6.45, 7) is 5.14. The lowest BCUT2D eigenvalue weighted by molar-refractivity contribution is -0.126. The number of nitrogens with two attached hydrogens (primary N) is 1. The lowest BCUT2D eigenvalue weighted by Gasteiger charge is -2.24. The summed E-state index contributed by atoms with van der Waals surface area (Å²) in [5, 5.41) is 14.2. The van der Waals surface area contributed by atoms with Crippen LogP contribution in [0.25, 0.3) is 0 Å². The molecule has 0 saturated carbocycles. The fraction of sp³-hybridized carbons (Fsp3) is 0.778. The fourth-order valence-corrected chi connectivity index (χ4v) is 1.52. The van der Waals surface area contributed by atoms with Crippen molar-refractivity contribution in [3.8, 4) is 0 Å². The number of carbonyl (C=O) groups is 1. The predicted octanol–water partition coefficient (Wildman–Crippen LogP) is 0.627. The normalized spacial score (nSPS) is 14.8. The van der Waals surface area contributed by atoms with Gasteiger partial charge in [0.15, 0.2) is 5.84 Å². The molecule has 4 N–H and O–H groups in total. The Labute approximate surface area is 94.5 Å². The Morgan fingerprint density at radius 1 is 1.67 bits per heavy atom. The number of rotatable bonds is 5. The molecule has 0 bridgehead atoms. The number of nitrogens with zero attached hydrogens (tertiary/aromatic N) is 1. The zero-order valence-electron chi connectivity index (χ0n) is 9.57. The molecule has 0 aromatic carbocycles. The van der Waals surface area contributed by atoms with Gasteiger partial charge in [-0.05, 0) is 27.0 Å². The van der Waals surface area contributed by atoms with Crippen molar-refractivity contribution in [2.24, 2.45) is 16.3 Å². The Kier molecular flexibility index (Phi) is 5.49. The van der Waals surface area contributed by atoms with E-state index in [1.807, 2.05) is 13.2 Å². The average molecular weight is 233 g/mol. The summed E-state index contributed by atoms with van der Waals surface area (Å²) in [5.41, 5.74) is 4.45. The molecule has 0 heterocycles. The molecule has 0 fully saturated rings. The summed E-state index contributed by atoms with van der Waals surface area (Å²) in [5.74, 6) is 0.508. The topological polar surface area (TPSA) is 87.7 Å². The van der Waals surface area contributed by atoms with Crippen LogP contribution >= 0.6 is 11.8 Å². The quantitative estimate of drug-likeness (QED) is 0.281. The molecule has 1 atom stereocenters. The molecule has 15 heavy (non-hydrogen) atoms. The maximum atomic E-state index is 11.8. The molecular formula is C9H19N3O2S. The second kappa shape index (κ2) is 5.85. The molecular weight excluding hydrogens is 214 g/mol. The van der Waals surface area contributed by atoms with Crippen molar-refractivity contribution in [3.63, 3.8) is 0 Å². The largest absolute Gasteiger partial charge is 0.409 e. The molecule has 1 amide bonds. The van der Waals surface area contributed by atoms with Crippen molar-refractivity contribution in [2.45, 2.75) is 26.8 Å². The van der Waals surface area contributed by atoms with Crippen LogP contribution in [-0.2, 0) is 4.79 Å². The highest BCUT2D eigenvalue weighted by Crippen LogP contribution is 2.15. The summed E-state index contributed by atoms with van der Waals surface area (Å²) < 4.78 is 0. The molecule has 0 spiro atoms. The summed E-state index contributed by atoms with van der Waals surface area (Å²) in [6, 6.07) is 0.0678. The lowest BCUT2D eigenvalue weighted by atomic mass is 9.90. The van der Waals surface area contributed by atoms with Gasteiger partial charge in [0, 0.05) is 11.8 Å². The van der Waals surface area contributed by atoms with Crippen molar-refractivity contribution in [1.29, 1.82) is 0 Å². The van der Waals surface area contributed by atoms with Gasteiger partial charge in [0.25, 0.3) is 0 Å². The monoisotopic (exact) mass is 233 g/mol. The standard InChI is InChI=1S/C9H19N3O2S/c1-6(5-15-4)11-8(13)9(2,3)7(10)12-14/h6,14H,5H2,1-4H3,(H2,10,12)(H,11,13). The van der Waals surface area contributed by atoms with E-state index in [2.05, 4.69) is 10.5 Å². The van der Waals surface area contributed by atoms with Crippen LogP contribution in [0, 0.1) is 5.41 Å². The number of oxime groups is 1. The number of amidine groups is 1. The summed E-state index contributed by atoms with van der Waals surface area (Å²) >= 11 is 1.65. The number of amides is 1. The fourth-order valence-electron chi connectivity index (χ4n) is 0.937. The molecule has 88 valence electrons. The van der Waals surface area contributed by atoms with E-state index in [1.165, 1.54) is 0 Å². The number of carbonyl (C=O) groups excluding carboxylic acids is 1. The van der Waals surface area contributed by atoms with E-state index < -0.39 is 5.41 Å². The van der Waals surface area contributed by atoms with E-state index in [-0.39, 0.29) is 17.8 Å². The Hall–Kier alpha value is -0.910. The van der Waals surface area contributed by atoms with E-state index in [9.17, 15) is 4.79 Å². The second-order valence-corrected chi connectivity index (χ2v) is 4.85. The van der Waals surface area contributed by atoms with Crippen LogP contribution in [0.15, 0.2) is 5.16 Å². The molecule has 0 aromatic rings. The number of nitrogens with one attached hydrogen (secondary N) is 1. The third-order valence-electron chi connectivity index (χ3n) is 2.11. The van der Waals surface area contributed by atoms with Crippen molar-refractivity contribution < 1.29 is 10.0 Å². The highest BCUT2D eigenvalue weighted by molar-refractivity contribution is 7.98. The first-order chi connectivity index (χ1) is 6.86. The van der Waals surface area contributed by atoms with Gasteiger partial charge < -0.3 is 16.3 Å². The minimum absolute atomic E-state index is 0.0678. The molecule has 6 heteroatoms. The van der Waals surface area contributed by atoms with Gasteiger partial charge in [-0.1, -0.05) is 5.16 Å². The Balaban J connectivity index is 4.44. The van der Waals surface area contributed by atoms with Crippen LogP contribution < -0.4 is 11.1 Å². The first kappa shape index (κ1) is 14.1. The Bertz CT molecular complexity index is 254. The zero-order valence-corrected chi connectivity index (χ0v) is 10.4. The van der Waals surface area contributed by atoms with Crippen molar-refractivity contribution in [3.05, 3.63) is 0 Å². The molecule has 0 aromatic heterocycles. The van der Waals surface area contributed by atoms with Crippen molar-refractivity contribution in [2.75, 3.05) is 12.0 Å². The molecule has 5 nitrogen and oxygen atoms in total. The third-order valence-corrected chi connectivity index (χ3v) is 2.94. The van der Waals surface area contributed by atoms with Crippen LogP contribution in [0.1, 0.15) is 20.8 Å². The van der Waals surface area contributed by atoms with E-state index in [4.69, 9.17) is 10.9 Å². The first-order valence-electron chi connectivity index (χ1n) is 4.64. The van der Waals surface area contributed by atoms with Gasteiger partial charge in [0.05, 0.1) is 0 Å². The minimum atomic E-state index is -0.985. The van der Waals surface area contributed by atoms with E-state index in [0.29, 0.717) is 0 Å². The molecule has 0 saturated heterocycles. The summed E-state index contributed by atoms with van der Waals surface area (Å²) in [7, 11) is 0. The highest BCUT2D eigenvalue weighted by atomic mass is 32.2. The third kappa shape index (κ3) is 3.99. The molecule has 0 aliphatic heterocycles. The van der Waals surface area contributed by atoms with Gasteiger partial charge >= 0.3 is 0 Å². The Morgan fingerprint density at radius 3 is 2.60 bits per heavy atom. The van der Waals surface area contributed by atoms with Crippen LogP contribution in [0.4, 0.5) is 0 Å². The zero-order chi connectivity index (χ0) is 12.1. The van der Waals surface area contributed by atoms with Crippen LogP contribution in [0.2, 0.25) is 0 Å². The van der Waals surface area contributed by atoms with Crippen molar-refractivity contribution in [1.82, 2.24) is 5.32 Å². The minimum Gasteiger partial charge on any atom is -0.409 e. The highest BCUT2D eigenvalue weighted by Gasteiger charge is 2.33. The number of hydrogen-bond acceptors (Lipinski definition) is 4. The van der Waals surface area contributed by atoms with E-state index in [0.717, 1.165) is 5.75 Å². The van der Waals surface area contributed by atoms with Gasteiger partial charge in [-0.15, -0.1) is 0 Å². The van der Waals surface area contributed by atoms with Gasteiger partial charge in [-0.3, -0.25) is 4.79 Å². The van der Waals surface area contributed by atoms with E-state index in [1.54, 1.807) is 25.6 Å². The van der Waals surface area contributed by atoms with Gasteiger partial charge in [-0.2, -0.15) is 11.8 Å². The first-order valence-corrected chi connectivity index (χ1v) is 6.03. The summed E-state index contributed by atoms with van der Waals surface area (Å²) in [4.78, 5) is 11.8. The number of thioether (sulfide) groups is 1. The lowest BCUT2D eigenvalue weighted by Crippen LogP contribution is -2.49. The SMILES string of the molecule is CSCC(C)NC(=O)C(C)(C)C(N)=NO. The molecule has 1 unspecified atom stereocenters. The van der Waals surface area contributed by atoms with E-state index >= 15 is 0 Å². The molecule has 0 rings (SSSR count). The maximum Gasteiger partial charge on any atom is 0.233 e. The molecule has 0 aliphatic rings. The predicted molar refractivity (Wildman–Crippen MR) is 63.2 cm³/mol. The number of hydrogen-bond donors (Lipinski definition) is 3. The second-order valence-electron chi connectivity index (χ2n) is 3.94. The maximum absolute atomic E-state index is 11.8. The molecule has 0 aliphatic carbocycles. The summed E-state index contributed by atoms with van der Waals surface area (Å²) in [6.07, 6.45) is 1.97. The van der Waals surface area contributed by atoms with Crippen LogP contribution in [0.3, 0.4) is 0 Å². The van der Waals surface area contributed by atoms with Gasteiger partial charge in [0.1, 0.15) is 5.41 Å². The molecule has 0 radical (unpaired) electrons. The Morgan fingerprint density at radius 2 is 2.20 bits per heavy atom. The van der Waals surface area contributed by atoms with Crippen LogP contribution in [-0.4, -0.2) is 35.0 Å². The smallest absolute Gasteiger partial charge is 0.233 e. The van der Waals surface area contributed by atoms with Crippen molar-refractivity contribution >= 4 is 23.5 Å². The van der Waals surface area contributed by atoms with Crippen LogP contribution in [0.5, 0.6) is 0 Å². The average Bonchev–Trinajstić information content (AvgIpc) is 2.16. The van der Waals surface area contributed by atoms with Gasteiger partial charge in [-0.25, -0.2) is 0 Å².